The second-order valence-electron chi connectivity index (χ2n) is 4.33. The highest BCUT2D eigenvalue weighted by Gasteiger charge is 2.31. The molecule has 2 heterocycles. The second-order valence-corrected chi connectivity index (χ2v) is 4.33. The van der Waals surface area contributed by atoms with Crippen LogP contribution in [0.25, 0.3) is 0 Å². The van der Waals surface area contributed by atoms with Gasteiger partial charge in [0.2, 0.25) is 0 Å². The molecule has 0 radical (unpaired) electrons. The fourth-order valence-corrected chi connectivity index (χ4v) is 1.76. The Balaban J connectivity index is 2.26. The summed E-state index contributed by atoms with van der Waals surface area (Å²) in [4.78, 5) is 3.84. The van der Waals surface area contributed by atoms with Crippen molar-refractivity contribution in [2.24, 2.45) is 7.05 Å². The fourth-order valence-electron chi connectivity index (χ4n) is 1.76. The zero-order chi connectivity index (χ0) is 14.9. The van der Waals surface area contributed by atoms with Gasteiger partial charge in [-0.2, -0.15) is 13.2 Å². The largest absolute Gasteiger partial charge is 0.416 e. The Labute approximate surface area is 112 Å². The monoisotopic (exact) mass is 286 g/mol. The summed E-state index contributed by atoms with van der Waals surface area (Å²) in [5, 5.41) is 10.4. The first kappa shape index (κ1) is 14.1. The van der Waals surface area contributed by atoms with Crippen LogP contribution < -0.4 is 11.1 Å². The van der Waals surface area contributed by atoms with Gasteiger partial charge in [-0.15, -0.1) is 10.2 Å². The number of nitrogens with zero attached hydrogens (tertiary/aromatic N) is 4. The van der Waals surface area contributed by atoms with Crippen LogP contribution >= 0.6 is 0 Å². The van der Waals surface area contributed by atoms with Crippen LogP contribution in [0.5, 0.6) is 0 Å². The highest BCUT2D eigenvalue weighted by atomic mass is 19.4. The van der Waals surface area contributed by atoms with Crippen molar-refractivity contribution >= 4 is 11.6 Å². The van der Waals surface area contributed by atoms with Gasteiger partial charge in [-0.3, -0.25) is 0 Å². The van der Waals surface area contributed by atoms with E-state index >= 15 is 0 Å². The molecule has 1 atom stereocenters. The Kier molecular flexibility index (Phi) is 3.51. The minimum Gasteiger partial charge on any atom is -0.384 e. The van der Waals surface area contributed by atoms with Crippen molar-refractivity contribution in [1.82, 2.24) is 19.7 Å². The lowest BCUT2D eigenvalue weighted by Gasteiger charge is -2.15. The SMILES string of the molecule is CC(Nc1cc(C(F)(F)F)cc(N)n1)c1nncn1C. The quantitative estimate of drug-likeness (QED) is 0.901. The van der Waals surface area contributed by atoms with E-state index in [-0.39, 0.29) is 17.7 Å². The molecular formula is C11H13F3N6. The van der Waals surface area contributed by atoms with Crippen molar-refractivity contribution in [1.29, 1.82) is 0 Å². The minimum atomic E-state index is -4.47. The van der Waals surface area contributed by atoms with Crippen LogP contribution in [0.1, 0.15) is 24.4 Å². The summed E-state index contributed by atoms with van der Waals surface area (Å²) in [5.41, 5.74) is 4.55. The number of hydrogen-bond acceptors (Lipinski definition) is 5. The van der Waals surface area contributed by atoms with Gasteiger partial charge in [0.25, 0.3) is 0 Å². The van der Waals surface area contributed by atoms with E-state index < -0.39 is 11.7 Å². The Morgan fingerprint density at radius 3 is 2.60 bits per heavy atom. The summed E-state index contributed by atoms with van der Waals surface area (Å²) < 4.78 is 39.7. The van der Waals surface area contributed by atoms with Crippen LogP contribution in [0.3, 0.4) is 0 Å². The Hall–Kier alpha value is -2.32. The molecule has 20 heavy (non-hydrogen) atoms. The average molecular weight is 286 g/mol. The van der Waals surface area contributed by atoms with Gasteiger partial charge in [0.1, 0.15) is 18.0 Å². The van der Waals surface area contributed by atoms with Crippen LogP contribution in [0.2, 0.25) is 0 Å². The maximum absolute atomic E-state index is 12.7. The summed E-state index contributed by atoms with van der Waals surface area (Å²) in [5.74, 6) is 0.406. The van der Waals surface area contributed by atoms with Gasteiger partial charge in [0.15, 0.2) is 5.82 Å². The summed E-state index contributed by atoms with van der Waals surface area (Å²) in [6.07, 6.45) is -2.97. The van der Waals surface area contributed by atoms with E-state index in [1.54, 1.807) is 18.5 Å². The number of rotatable bonds is 3. The molecule has 0 aliphatic rings. The number of aryl methyl sites for hydroxylation is 1. The fraction of sp³-hybridized carbons (Fsp3) is 0.364. The first-order chi connectivity index (χ1) is 9.27. The van der Waals surface area contributed by atoms with Crippen LogP contribution in [0, 0.1) is 0 Å². The third-order valence-corrected chi connectivity index (χ3v) is 2.67. The van der Waals surface area contributed by atoms with E-state index in [4.69, 9.17) is 5.73 Å². The maximum Gasteiger partial charge on any atom is 0.416 e. The maximum atomic E-state index is 12.7. The molecule has 0 spiro atoms. The molecule has 108 valence electrons. The number of nitrogens with two attached hydrogens (primary N) is 1. The lowest BCUT2D eigenvalue weighted by Crippen LogP contribution is -2.15. The molecule has 0 aliphatic carbocycles. The molecule has 6 nitrogen and oxygen atoms in total. The minimum absolute atomic E-state index is 0.0350. The zero-order valence-corrected chi connectivity index (χ0v) is 10.8. The lowest BCUT2D eigenvalue weighted by molar-refractivity contribution is -0.137. The van der Waals surface area contributed by atoms with E-state index in [0.29, 0.717) is 5.82 Å². The Morgan fingerprint density at radius 2 is 2.05 bits per heavy atom. The van der Waals surface area contributed by atoms with Gasteiger partial charge < -0.3 is 15.6 Å². The lowest BCUT2D eigenvalue weighted by atomic mass is 10.2. The highest BCUT2D eigenvalue weighted by Crippen LogP contribution is 2.32. The highest BCUT2D eigenvalue weighted by molar-refractivity contribution is 5.48. The number of alkyl halides is 3. The molecule has 0 fully saturated rings. The summed E-state index contributed by atoms with van der Waals surface area (Å²) >= 11 is 0. The van der Waals surface area contributed by atoms with Gasteiger partial charge in [-0.25, -0.2) is 4.98 Å². The van der Waals surface area contributed by atoms with Gasteiger partial charge >= 0.3 is 6.18 Å². The first-order valence-corrected chi connectivity index (χ1v) is 5.72. The molecule has 3 N–H and O–H groups in total. The van der Waals surface area contributed by atoms with Crippen molar-refractivity contribution in [3.8, 4) is 0 Å². The molecular weight excluding hydrogens is 273 g/mol. The van der Waals surface area contributed by atoms with Crippen LogP contribution in [-0.2, 0) is 13.2 Å². The summed E-state index contributed by atoms with van der Waals surface area (Å²) in [7, 11) is 1.74. The molecule has 0 bridgehead atoms. The van der Waals surface area contributed by atoms with E-state index in [9.17, 15) is 13.2 Å². The number of aromatic nitrogens is 4. The molecule has 2 aromatic rings. The first-order valence-electron chi connectivity index (χ1n) is 5.72. The summed E-state index contributed by atoms with van der Waals surface area (Å²) in [6, 6.07) is 1.33. The van der Waals surface area contributed by atoms with Crippen molar-refractivity contribution < 1.29 is 13.2 Å². The van der Waals surface area contributed by atoms with E-state index in [2.05, 4.69) is 20.5 Å². The smallest absolute Gasteiger partial charge is 0.384 e. The summed E-state index contributed by atoms with van der Waals surface area (Å²) in [6.45, 7) is 1.74. The third-order valence-electron chi connectivity index (χ3n) is 2.67. The number of nitrogens with one attached hydrogen (secondary N) is 1. The van der Waals surface area contributed by atoms with Gasteiger partial charge in [-0.1, -0.05) is 0 Å². The van der Waals surface area contributed by atoms with Crippen LogP contribution in [0.15, 0.2) is 18.5 Å². The molecule has 0 amide bonds. The van der Waals surface area contributed by atoms with Crippen molar-refractivity contribution in [3.05, 3.63) is 29.8 Å². The van der Waals surface area contributed by atoms with Crippen LogP contribution in [-0.4, -0.2) is 19.7 Å². The van der Waals surface area contributed by atoms with Crippen LogP contribution in [0.4, 0.5) is 24.8 Å². The normalized spacial score (nSPS) is 13.2. The molecule has 1 unspecified atom stereocenters. The second kappa shape index (κ2) is 4.99. The van der Waals surface area contributed by atoms with Gasteiger partial charge in [-0.05, 0) is 19.1 Å². The predicted octanol–water partition coefficient (Wildman–Crippen LogP) is 1.98. The van der Waals surface area contributed by atoms with E-state index in [1.165, 1.54) is 6.33 Å². The average Bonchev–Trinajstić information content (AvgIpc) is 2.73. The molecule has 9 heteroatoms. The number of anilines is 2. The third kappa shape index (κ3) is 2.98. The van der Waals surface area contributed by atoms with Crippen molar-refractivity contribution in [2.45, 2.75) is 19.1 Å². The molecule has 0 saturated carbocycles. The number of nitrogen functional groups attached to an aromatic ring is 1. The molecule has 0 aliphatic heterocycles. The van der Waals surface area contributed by atoms with E-state index in [0.717, 1.165) is 12.1 Å². The predicted molar refractivity (Wildman–Crippen MR) is 66.7 cm³/mol. The Bertz CT molecular complexity index is 606. The molecule has 2 aromatic heterocycles. The zero-order valence-electron chi connectivity index (χ0n) is 10.8. The Morgan fingerprint density at radius 1 is 1.35 bits per heavy atom. The van der Waals surface area contributed by atoms with Crippen molar-refractivity contribution in [2.75, 3.05) is 11.1 Å². The topological polar surface area (TPSA) is 81.7 Å². The van der Waals surface area contributed by atoms with Gasteiger partial charge in [0, 0.05) is 7.05 Å². The number of halogens is 3. The number of pyridine rings is 1. The molecule has 0 aromatic carbocycles. The van der Waals surface area contributed by atoms with Gasteiger partial charge in [0.05, 0.1) is 11.6 Å². The van der Waals surface area contributed by atoms with E-state index in [1.807, 2.05) is 0 Å². The number of hydrogen-bond donors (Lipinski definition) is 2. The van der Waals surface area contributed by atoms with Crippen molar-refractivity contribution in [3.63, 3.8) is 0 Å². The standard InChI is InChI=1S/C11H13F3N6/c1-6(10-19-16-5-20(10)2)17-9-4-7(11(12,13)14)3-8(15)18-9/h3-6H,1-2H3,(H3,15,17,18). The molecule has 0 saturated heterocycles. The molecule has 2 rings (SSSR count).